The molecular weight excluding hydrogens is 867 g/mol. The number of fused-ring (bicyclic) bond motifs is 6. The number of aliphatic hydroxyl groups is 2. The van der Waals surface area contributed by atoms with Crippen LogP contribution >= 0.6 is 0 Å². The smallest absolute Gasteiger partial charge is 0.355 e. The van der Waals surface area contributed by atoms with E-state index in [0.29, 0.717) is 18.5 Å². The first-order valence-corrected chi connectivity index (χ1v) is 23.5. The van der Waals surface area contributed by atoms with Crippen molar-refractivity contribution in [3.8, 4) is 34.2 Å². The maximum Gasteiger partial charge on any atom is 0.355 e. The van der Waals surface area contributed by atoms with Gasteiger partial charge in [-0.2, -0.15) is 5.43 Å². The average molecular weight is 932 g/mol. The number of aromatic nitrogens is 2. The summed E-state index contributed by atoms with van der Waals surface area (Å²) in [5.41, 5.74) is 5.15. The zero-order chi connectivity index (χ0) is 49.3. The van der Waals surface area contributed by atoms with Gasteiger partial charge in [-0.05, 0) is 92.0 Å². The van der Waals surface area contributed by atoms with Crippen molar-refractivity contribution in [3.63, 3.8) is 0 Å². The molecule has 2 aromatic heterocycles. The van der Waals surface area contributed by atoms with Crippen LogP contribution in [0.25, 0.3) is 33.3 Å². The van der Waals surface area contributed by atoms with Crippen molar-refractivity contribution in [2.75, 3.05) is 40.4 Å². The number of nitrogens with zero attached hydrogens (tertiary/aromatic N) is 5. The summed E-state index contributed by atoms with van der Waals surface area (Å²) in [4.78, 5) is 77.1. The number of esters is 1. The highest BCUT2D eigenvalue weighted by atomic mass is 16.6. The molecule has 5 atom stereocenters. The molecule has 0 saturated carbocycles. The molecule has 4 amide bonds. The van der Waals surface area contributed by atoms with Gasteiger partial charge in [0.1, 0.15) is 12.1 Å². The number of cyclic esters (lactones) is 1. The first-order valence-electron chi connectivity index (χ1n) is 23.5. The molecule has 2 fully saturated rings. The van der Waals surface area contributed by atoms with Crippen LogP contribution in [0.1, 0.15) is 90.7 Å². The first kappa shape index (κ1) is 49.8. The summed E-state index contributed by atoms with van der Waals surface area (Å²) in [5, 5.41) is 28.5. The number of nitrogens with one attached hydrogen (secondary N) is 2. The Morgan fingerprint density at radius 1 is 1.04 bits per heavy atom. The quantitative estimate of drug-likeness (QED) is 0.136. The van der Waals surface area contributed by atoms with Crippen molar-refractivity contribution in [3.05, 3.63) is 77.6 Å². The molecule has 0 unspecified atom stereocenters. The normalized spacial score (nSPS) is 22.7. The van der Waals surface area contributed by atoms with Crippen LogP contribution in [-0.2, 0) is 52.8 Å². The van der Waals surface area contributed by atoms with Crippen molar-refractivity contribution >= 4 is 40.5 Å². The van der Waals surface area contributed by atoms with E-state index < -0.39 is 64.3 Å². The highest BCUT2D eigenvalue weighted by Gasteiger charge is 2.49. The fourth-order valence-electron chi connectivity index (χ4n) is 9.99. The molecule has 7 rings (SSSR count). The van der Waals surface area contributed by atoms with Crippen molar-refractivity contribution in [1.29, 1.82) is 0 Å². The SMILES string of the molecule is CC#CC(=O)N1CC[C@](O)(C(=O)N(C)[C@H](C(=O)N[C@H]2Cc3cccc(c3)-c3ccc4c(c3)c(c(-c3cccnc3[C@H](C)OC)n4CC)CC(C)(C)COC(=O)[C@@]3(O)CCCN(N3)C2=O)C(C)C)C1. The van der Waals surface area contributed by atoms with E-state index in [1.54, 1.807) is 27.2 Å². The second-order valence-electron chi connectivity index (χ2n) is 19.6. The largest absolute Gasteiger partial charge is 0.462 e. The van der Waals surface area contributed by atoms with Gasteiger partial charge in [-0.25, -0.2) is 4.79 Å². The fraction of sp³-hybridized carbons (Fsp3) is 0.500. The lowest BCUT2D eigenvalue weighted by molar-refractivity contribution is -0.189. The molecule has 4 aromatic rings. The van der Waals surface area contributed by atoms with Gasteiger partial charge < -0.3 is 39.4 Å². The molecule has 0 spiro atoms. The maximum atomic E-state index is 14.8. The van der Waals surface area contributed by atoms with Crippen LogP contribution in [0.4, 0.5) is 0 Å². The van der Waals surface area contributed by atoms with Crippen LogP contribution in [-0.4, -0.2) is 128 Å². The molecule has 2 saturated heterocycles. The number of hydrazine groups is 1. The minimum atomic E-state index is -2.26. The van der Waals surface area contributed by atoms with E-state index in [2.05, 4.69) is 58.3 Å². The van der Waals surface area contributed by atoms with Crippen molar-refractivity contribution in [1.82, 2.24) is 35.1 Å². The molecule has 3 aliphatic rings. The number of ether oxygens (including phenoxy) is 2. The summed E-state index contributed by atoms with van der Waals surface area (Å²) in [5.74, 6) is 1.04. The number of carbonyl (C=O) groups excluding carboxylic acids is 5. The number of β-amino-alcohol motifs (C(OH)–C–C–N with tert-alkyl or cyclic N) is 1. The van der Waals surface area contributed by atoms with E-state index in [0.717, 1.165) is 49.6 Å². The molecular formula is C52H65N7O9. The molecule has 4 N–H and O–H groups in total. The number of methoxy groups -OCH3 is 1. The lowest BCUT2D eigenvalue weighted by Gasteiger charge is -2.40. The van der Waals surface area contributed by atoms with E-state index in [-0.39, 0.29) is 58.0 Å². The van der Waals surface area contributed by atoms with Crippen LogP contribution in [0.15, 0.2) is 60.8 Å². The Hall–Kier alpha value is -6.12. The van der Waals surface area contributed by atoms with Crippen LogP contribution in [0.3, 0.4) is 0 Å². The summed E-state index contributed by atoms with van der Waals surface area (Å²) in [6, 6.07) is 15.7. The Labute approximate surface area is 398 Å². The monoisotopic (exact) mass is 931 g/mol. The molecule has 362 valence electrons. The summed E-state index contributed by atoms with van der Waals surface area (Å²) >= 11 is 0. The zero-order valence-electron chi connectivity index (χ0n) is 40.6. The molecule has 68 heavy (non-hydrogen) atoms. The van der Waals surface area contributed by atoms with E-state index >= 15 is 0 Å². The van der Waals surface area contributed by atoms with Crippen molar-refractivity contribution in [2.45, 2.75) is 117 Å². The van der Waals surface area contributed by atoms with Gasteiger partial charge in [-0.1, -0.05) is 63.9 Å². The molecule has 16 nitrogen and oxygen atoms in total. The van der Waals surface area contributed by atoms with Crippen molar-refractivity contribution in [2.24, 2.45) is 11.3 Å². The maximum absolute atomic E-state index is 14.8. The third kappa shape index (κ3) is 9.89. The third-order valence-electron chi connectivity index (χ3n) is 13.5. The Bertz CT molecular complexity index is 2670. The lowest BCUT2D eigenvalue weighted by atomic mass is 9.84. The molecule has 0 aliphatic carbocycles. The van der Waals surface area contributed by atoms with Crippen molar-refractivity contribution < 1.29 is 43.7 Å². The van der Waals surface area contributed by atoms with E-state index in [1.165, 1.54) is 23.8 Å². The summed E-state index contributed by atoms with van der Waals surface area (Å²) in [7, 11) is 3.08. The number of amides is 4. The number of pyridine rings is 1. The van der Waals surface area contributed by atoms with Crippen LogP contribution in [0, 0.1) is 23.2 Å². The van der Waals surface area contributed by atoms with Crippen LogP contribution in [0.2, 0.25) is 0 Å². The van der Waals surface area contributed by atoms with Gasteiger partial charge in [0.15, 0.2) is 5.60 Å². The molecule has 3 aliphatic heterocycles. The fourth-order valence-corrected chi connectivity index (χ4v) is 9.99. The van der Waals surface area contributed by atoms with Gasteiger partial charge in [-0.15, -0.1) is 0 Å². The second-order valence-corrected chi connectivity index (χ2v) is 19.6. The van der Waals surface area contributed by atoms with Gasteiger partial charge in [0, 0.05) is 81.1 Å². The third-order valence-corrected chi connectivity index (χ3v) is 13.5. The second kappa shape index (κ2) is 19.8. The van der Waals surface area contributed by atoms with Gasteiger partial charge in [0.2, 0.25) is 11.6 Å². The van der Waals surface area contributed by atoms with E-state index in [9.17, 15) is 34.2 Å². The first-order chi connectivity index (χ1) is 32.2. The standard InChI is InChI=1S/C52H65N7O9/c1-10-15-42(60)57-25-22-51(65,30-57)48(63)56(8)44(32(3)4)46(61)54-40-27-34-16-12-17-35(26-34)36-19-20-41-38(28-36)39(45(58(41)11-2)37-18-13-23-53-43(37)33(5)67-9)29-50(6,7)31-68-49(64)52(66)21-14-24-59(55-52)47(40)62/h12-13,16-20,23,26,28,32-33,40,44,55,65-66H,11,14,21-22,24-25,27,29-31H2,1-9H3,(H,54,61)/t33-,40-,44-,51+,52-/m0/s1. The number of benzene rings is 2. The number of rotatable bonds is 9. The number of hydrogen-bond donors (Lipinski definition) is 4. The van der Waals surface area contributed by atoms with Crippen LogP contribution < -0.4 is 10.7 Å². The van der Waals surface area contributed by atoms with Crippen LogP contribution in [0.5, 0.6) is 0 Å². The Morgan fingerprint density at radius 2 is 1.79 bits per heavy atom. The van der Waals surface area contributed by atoms with Gasteiger partial charge in [0.25, 0.3) is 17.7 Å². The summed E-state index contributed by atoms with van der Waals surface area (Å²) in [6.45, 7) is 13.7. The summed E-state index contributed by atoms with van der Waals surface area (Å²) in [6.07, 6.45) is 2.11. The zero-order valence-corrected chi connectivity index (χ0v) is 40.6. The molecule has 5 heterocycles. The molecule has 2 aromatic carbocycles. The molecule has 16 heteroatoms. The predicted molar refractivity (Wildman–Crippen MR) is 256 cm³/mol. The average Bonchev–Trinajstić information content (AvgIpc) is 3.87. The number of aryl methyl sites for hydroxylation is 1. The van der Waals surface area contributed by atoms with Gasteiger partial charge >= 0.3 is 5.97 Å². The number of likely N-dealkylation sites (N-methyl/N-ethyl adjacent to an activating group) is 1. The summed E-state index contributed by atoms with van der Waals surface area (Å²) < 4.78 is 14.0. The predicted octanol–water partition coefficient (Wildman–Crippen LogP) is 4.54. The number of hydrogen-bond acceptors (Lipinski definition) is 11. The number of carbonyl (C=O) groups is 5. The van der Waals surface area contributed by atoms with Gasteiger partial charge in [0.05, 0.1) is 30.6 Å². The minimum Gasteiger partial charge on any atom is -0.462 e. The highest BCUT2D eigenvalue weighted by Crippen LogP contribution is 2.42. The number of likely N-dealkylation sites (tertiary alicyclic amines) is 1. The highest BCUT2D eigenvalue weighted by molar-refractivity contribution is 5.98. The van der Waals surface area contributed by atoms with E-state index in [1.807, 2.05) is 51.1 Å². The molecule has 6 bridgehead atoms. The van der Waals surface area contributed by atoms with E-state index in [4.69, 9.17) is 14.5 Å². The minimum absolute atomic E-state index is 0.000922. The lowest BCUT2D eigenvalue weighted by Crippen LogP contribution is -2.67. The Balaban J connectivity index is 1.30. The topological polar surface area (TPSA) is 196 Å². The van der Waals surface area contributed by atoms with Gasteiger partial charge in [-0.3, -0.25) is 29.2 Å². The Morgan fingerprint density at radius 3 is 2.50 bits per heavy atom. The molecule has 0 radical (unpaired) electrons. The Kier molecular flexibility index (Phi) is 14.5.